The molecular weight excluding hydrogens is 276 g/mol. The Morgan fingerprint density at radius 2 is 1.74 bits per heavy atom. The second kappa shape index (κ2) is 5.21. The van der Waals surface area contributed by atoms with Crippen molar-refractivity contribution in [1.29, 1.82) is 0 Å². The Morgan fingerprint density at radius 1 is 1.26 bits per heavy atom. The normalized spacial score (nSPS) is 11.5. The number of phenolic OH excluding ortho intramolecular Hbond substituents is 2. The van der Waals surface area contributed by atoms with Gasteiger partial charge in [0.2, 0.25) is 0 Å². The van der Waals surface area contributed by atoms with Crippen molar-refractivity contribution in [3.8, 4) is 17.2 Å². The molecule has 0 amide bonds. The van der Waals surface area contributed by atoms with E-state index in [2.05, 4.69) is 9.47 Å². The number of carbonyl (C=O) groups excluding carboxylic acids is 1. The largest absolute Gasteiger partial charge is 0.507 e. The summed E-state index contributed by atoms with van der Waals surface area (Å²) in [7, 11) is 0.955. The zero-order valence-corrected chi connectivity index (χ0v) is 9.36. The Morgan fingerprint density at radius 3 is 2.11 bits per heavy atom. The van der Waals surface area contributed by atoms with Gasteiger partial charge in [-0.2, -0.15) is 17.6 Å². The second-order valence-electron chi connectivity index (χ2n) is 3.29. The molecule has 106 valence electrons. The van der Waals surface area contributed by atoms with Gasteiger partial charge < -0.3 is 19.7 Å². The van der Waals surface area contributed by atoms with Gasteiger partial charge >= 0.3 is 18.5 Å². The average Bonchev–Trinajstić information content (AvgIpc) is 2.26. The van der Waals surface area contributed by atoms with Crippen LogP contribution in [0.4, 0.5) is 17.6 Å². The zero-order valence-electron chi connectivity index (χ0n) is 9.36. The van der Waals surface area contributed by atoms with Crippen molar-refractivity contribution >= 4 is 5.97 Å². The van der Waals surface area contributed by atoms with E-state index in [1.807, 2.05) is 0 Å². The highest BCUT2D eigenvalue weighted by Crippen LogP contribution is 2.36. The summed E-state index contributed by atoms with van der Waals surface area (Å²) in [6.07, 6.45) is -8.90. The number of carbonyl (C=O) groups is 1. The van der Waals surface area contributed by atoms with Gasteiger partial charge in [-0.3, -0.25) is 0 Å². The summed E-state index contributed by atoms with van der Waals surface area (Å²) in [6.45, 7) is 0. The van der Waals surface area contributed by atoms with Crippen LogP contribution in [0.1, 0.15) is 10.4 Å². The number of methoxy groups -OCH3 is 1. The van der Waals surface area contributed by atoms with Crippen LogP contribution in [0.3, 0.4) is 0 Å². The lowest BCUT2D eigenvalue weighted by molar-refractivity contribution is -0.253. The van der Waals surface area contributed by atoms with Gasteiger partial charge in [0.1, 0.15) is 22.8 Å². The van der Waals surface area contributed by atoms with Crippen molar-refractivity contribution in [1.82, 2.24) is 0 Å². The van der Waals surface area contributed by atoms with Crippen LogP contribution in [-0.2, 0) is 4.74 Å². The number of rotatable bonds is 4. The van der Waals surface area contributed by atoms with Crippen LogP contribution in [0, 0.1) is 0 Å². The lowest BCUT2D eigenvalue weighted by atomic mass is 10.1. The molecule has 0 unspecified atom stereocenters. The van der Waals surface area contributed by atoms with Gasteiger partial charge in [-0.15, -0.1) is 0 Å². The van der Waals surface area contributed by atoms with Crippen LogP contribution < -0.4 is 4.74 Å². The van der Waals surface area contributed by atoms with E-state index in [0.29, 0.717) is 12.1 Å². The number of benzene rings is 1. The number of ether oxygens (including phenoxy) is 2. The zero-order chi connectivity index (χ0) is 14.8. The smallest absolute Gasteiger partial charge is 0.461 e. The van der Waals surface area contributed by atoms with Crippen molar-refractivity contribution in [3.63, 3.8) is 0 Å². The fourth-order valence-corrected chi connectivity index (χ4v) is 1.16. The minimum absolute atomic E-state index is 0.474. The first kappa shape index (κ1) is 14.9. The second-order valence-corrected chi connectivity index (χ2v) is 3.29. The molecule has 0 spiro atoms. The molecule has 5 nitrogen and oxygen atoms in total. The molecule has 1 aromatic carbocycles. The number of hydrogen-bond acceptors (Lipinski definition) is 5. The van der Waals surface area contributed by atoms with Gasteiger partial charge in [-0.25, -0.2) is 4.79 Å². The van der Waals surface area contributed by atoms with Gasteiger partial charge in [0.15, 0.2) is 0 Å². The number of aromatic hydroxyl groups is 2. The average molecular weight is 284 g/mol. The van der Waals surface area contributed by atoms with Gasteiger partial charge in [0, 0.05) is 12.1 Å². The van der Waals surface area contributed by atoms with Crippen LogP contribution in [-0.4, -0.2) is 35.8 Å². The summed E-state index contributed by atoms with van der Waals surface area (Å²) in [4.78, 5) is 11.1. The van der Waals surface area contributed by atoms with E-state index in [1.165, 1.54) is 0 Å². The topological polar surface area (TPSA) is 76.0 Å². The maximum Gasteiger partial charge on any atom is 0.461 e. The molecular formula is C10H8F4O5. The quantitative estimate of drug-likeness (QED) is 0.654. The third-order valence-electron chi connectivity index (χ3n) is 1.97. The van der Waals surface area contributed by atoms with Gasteiger partial charge in [0.05, 0.1) is 7.11 Å². The fraction of sp³-hybridized carbons (Fsp3) is 0.300. The van der Waals surface area contributed by atoms with E-state index in [1.54, 1.807) is 0 Å². The molecule has 0 aromatic heterocycles. The lowest BCUT2D eigenvalue weighted by Gasteiger charge is -2.17. The maximum atomic E-state index is 12.6. The van der Waals surface area contributed by atoms with Crippen molar-refractivity contribution in [2.45, 2.75) is 12.5 Å². The summed E-state index contributed by atoms with van der Waals surface area (Å²) >= 11 is 0. The predicted octanol–water partition coefficient (Wildman–Crippen LogP) is 2.12. The summed E-state index contributed by atoms with van der Waals surface area (Å²) in [5.41, 5.74) is -0.699. The summed E-state index contributed by atoms with van der Waals surface area (Å²) in [5.74, 6) is -3.98. The number of phenols is 2. The minimum atomic E-state index is -4.80. The third-order valence-corrected chi connectivity index (χ3v) is 1.97. The highest BCUT2D eigenvalue weighted by molar-refractivity contribution is 5.95. The highest BCUT2D eigenvalue weighted by Gasteiger charge is 2.44. The number of hydrogen-bond donors (Lipinski definition) is 2. The molecule has 0 saturated carbocycles. The van der Waals surface area contributed by atoms with Crippen molar-refractivity contribution in [2.24, 2.45) is 0 Å². The Bertz CT molecular complexity index is 466. The molecule has 2 N–H and O–H groups in total. The molecule has 0 bridgehead atoms. The molecule has 0 fully saturated rings. The van der Waals surface area contributed by atoms with E-state index in [0.717, 1.165) is 7.11 Å². The molecule has 0 heterocycles. The fourth-order valence-electron chi connectivity index (χ4n) is 1.16. The SMILES string of the molecule is COC(=O)c1c(O)cc(OC(F)(F)C(F)F)cc1O. The molecule has 9 heteroatoms. The Labute approximate surface area is 104 Å². The van der Waals surface area contributed by atoms with Crippen LogP contribution in [0.25, 0.3) is 0 Å². The van der Waals surface area contributed by atoms with Crippen LogP contribution in [0.15, 0.2) is 12.1 Å². The lowest BCUT2D eigenvalue weighted by Crippen LogP contribution is -2.33. The molecule has 1 rings (SSSR count). The predicted molar refractivity (Wildman–Crippen MR) is 52.7 cm³/mol. The van der Waals surface area contributed by atoms with E-state index >= 15 is 0 Å². The first-order valence-electron chi connectivity index (χ1n) is 4.68. The first-order chi connectivity index (χ1) is 8.69. The molecule has 0 atom stereocenters. The highest BCUT2D eigenvalue weighted by atomic mass is 19.3. The van der Waals surface area contributed by atoms with Crippen LogP contribution >= 0.6 is 0 Å². The molecule has 0 saturated heterocycles. The molecule has 19 heavy (non-hydrogen) atoms. The van der Waals surface area contributed by atoms with Crippen molar-refractivity contribution in [3.05, 3.63) is 17.7 Å². The minimum Gasteiger partial charge on any atom is -0.507 e. The molecule has 0 aliphatic carbocycles. The number of halogens is 4. The van der Waals surface area contributed by atoms with Gasteiger partial charge in [-0.05, 0) is 0 Å². The third kappa shape index (κ3) is 3.18. The van der Waals surface area contributed by atoms with Crippen LogP contribution in [0.5, 0.6) is 17.2 Å². The number of esters is 1. The van der Waals surface area contributed by atoms with E-state index < -0.39 is 41.3 Å². The van der Waals surface area contributed by atoms with E-state index in [-0.39, 0.29) is 0 Å². The molecule has 0 aliphatic rings. The maximum absolute atomic E-state index is 12.6. The summed E-state index contributed by atoms with van der Waals surface area (Å²) in [5, 5.41) is 18.7. The van der Waals surface area contributed by atoms with Crippen molar-refractivity contribution < 1.29 is 42.0 Å². The number of alkyl halides is 4. The van der Waals surface area contributed by atoms with Gasteiger partial charge in [-0.1, -0.05) is 0 Å². The van der Waals surface area contributed by atoms with E-state index in [4.69, 9.17) is 0 Å². The van der Waals surface area contributed by atoms with Gasteiger partial charge in [0.25, 0.3) is 0 Å². The first-order valence-corrected chi connectivity index (χ1v) is 4.68. The van der Waals surface area contributed by atoms with Crippen LogP contribution in [0.2, 0.25) is 0 Å². The standard InChI is InChI=1S/C10H8F4O5/c1-18-8(17)7-5(15)2-4(3-6(7)16)19-10(13,14)9(11)12/h2-3,9,15-16H,1H3. The monoisotopic (exact) mass is 284 g/mol. The molecule has 0 radical (unpaired) electrons. The summed E-state index contributed by atoms with van der Waals surface area (Å²) in [6, 6.07) is 0.949. The summed E-state index contributed by atoms with van der Waals surface area (Å²) < 4.78 is 56.8. The molecule has 1 aromatic rings. The Balaban J connectivity index is 3.12. The van der Waals surface area contributed by atoms with Crippen molar-refractivity contribution in [2.75, 3.05) is 7.11 Å². The Hall–Kier alpha value is -2.19. The van der Waals surface area contributed by atoms with E-state index in [9.17, 15) is 32.6 Å². The Kier molecular flexibility index (Phi) is 4.07. The molecule has 0 aliphatic heterocycles.